The standard InChI is InChI=1S/C28H32FN5O3.C23H24FN5O.C20H32BNO5.C14H12BrFN4.C8H10FN.C6H3BrClN3/c1-18(31-27(35)37-28(3,4)5)17-36-23-11-9-20(10-12-23)24-16-30-26-14-13-25(33-34(24)26)32-19(2)21-7-6-8-22(29)15-21;1-15(25)14-30-20-8-6-17(7-9-20)21-13-26-23-11-10-22(28-29(21)23)27-16(2)18-4-3-5-19(24)12-18;1-14(22-17(23)25-18(2,3)4)13-24-16-11-9-15(10-12-16)21-26-19(5,6)20(7,8)27-21;1-9(10-3-2-4-11(16)7-10)18-13-5-6-14-17-8-12(15)20(14)19-13;1-6(10)7-3-2-4-8(9)5-7;7-4-3-9-6-2-1-5(8)10-11(4)6/h6-16,18-19H,17H2,1-5H3,(H,31,35)(H,32,33);3-13,15-16H,14,25H2,1-2H3,(H,27,28);9-12,14H,13H2,1-8H3,(H,22,23);2-9H,1H3,(H,18,19);2-6H,10H2,1H3;1-3H/t18-,19-;15-,16-;14-;9-;6-;/m11111./s1. The Bertz CT molecular complexity index is 6410. The first-order chi connectivity index (χ1) is 64.0. The number of hydrogen-bond donors (Lipinski definition) is 7. The van der Waals surface area contributed by atoms with Gasteiger partial charge in [-0.15, -0.1) is 15.3 Å². The van der Waals surface area contributed by atoms with E-state index in [9.17, 15) is 27.2 Å². The fourth-order valence-electron chi connectivity index (χ4n) is 13.0. The second-order valence-corrected chi connectivity index (χ2v) is 37.2. The molecule has 15 aromatic rings. The van der Waals surface area contributed by atoms with Crippen molar-refractivity contribution in [2.75, 3.05) is 35.8 Å². The summed E-state index contributed by atoms with van der Waals surface area (Å²) >= 11 is 12.3. The number of nitrogens with one attached hydrogen (secondary N) is 5. The Balaban J connectivity index is 0.000000163. The minimum atomic E-state index is -0.552. The molecule has 8 aromatic heterocycles. The van der Waals surface area contributed by atoms with Gasteiger partial charge < -0.3 is 71.0 Å². The molecule has 710 valence electrons. The number of benzene rings is 7. The van der Waals surface area contributed by atoms with E-state index in [0.717, 1.165) is 82.1 Å². The number of carbonyl (C=O) groups excluding carboxylic acids is 2. The van der Waals surface area contributed by atoms with E-state index in [1.54, 1.807) is 79.2 Å². The van der Waals surface area contributed by atoms with Gasteiger partial charge in [-0.1, -0.05) is 72.3 Å². The Morgan fingerprint density at radius 1 is 0.430 bits per heavy atom. The third-order valence-corrected chi connectivity index (χ3v) is 21.9. The number of hydrogen-bond acceptors (Lipinski definition) is 22. The third-order valence-electron chi connectivity index (χ3n) is 20.6. The molecule has 0 bridgehead atoms. The summed E-state index contributed by atoms with van der Waals surface area (Å²) in [6, 6.07) is 62.8. The molecular formula is C99H113BBr2ClF4N19O9. The summed E-state index contributed by atoms with van der Waals surface area (Å²) in [5, 5.41) is 33.7. The molecular weight excluding hydrogens is 1880 g/mol. The van der Waals surface area contributed by atoms with Crippen molar-refractivity contribution in [3.63, 3.8) is 0 Å². The average molecular weight is 2000 g/mol. The van der Waals surface area contributed by atoms with Crippen molar-refractivity contribution in [1.82, 2.24) is 69.0 Å². The summed E-state index contributed by atoms with van der Waals surface area (Å²) in [7, 11) is -0.392. The van der Waals surface area contributed by atoms with E-state index in [2.05, 4.69) is 93.7 Å². The number of ether oxygens (including phenoxy) is 5. The molecule has 0 saturated carbocycles. The van der Waals surface area contributed by atoms with Gasteiger partial charge in [-0.3, -0.25) is 0 Å². The van der Waals surface area contributed by atoms with Crippen molar-refractivity contribution < 1.29 is 60.1 Å². The molecule has 0 aliphatic carbocycles. The van der Waals surface area contributed by atoms with Crippen molar-refractivity contribution in [3.8, 4) is 39.8 Å². The summed E-state index contributed by atoms with van der Waals surface area (Å²) < 4.78 is 101. The Labute approximate surface area is 804 Å². The Kier molecular flexibility index (Phi) is 35.4. The predicted octanol–water partition coefficient (Wildman–Crippen LogP) is 21.5. The molecule has 9 N–H and O–H groups in total. The van der Waals surface area contributed by atoms with Crippen molar-refractivity contribution in [1.29, 1.82) is 0 Å². The van der Waals surface area contributed by atoms with E-state index in [1.165, 1.54) is 48.5 Å². The molecule has 0 unspecified atom stereocenters. The molecule has 1 saturated heterocycles. The highest BCUT2D eigenvalue weighted by Crippen LogP contribution is 2.37. The molecule has 28 nitrogen and oxygen atoms in total. The number of anilines is 3. The lowest BCUT2D eigenvalue weighted by atomic mass is 9.79. The van der Waals surface area contributed by atoms with E-state index in [-0.39, 0.29) is 76.8 Å². The van der Waals surface area contributed by atoms with Crippen LogP contribution < -0.4 is 57.7 Å². The number of nitrogens with two attached hydrogens (primary N) is 2. The zero-order valence-electron chi connectivity index (χ0n) is 78.2. The molecule has 2 amide bonds. The summed E-state index contributed by atoms with van der Waals surface area (Å²) in [5.41, 5.74) is 20.4. The topological polar surface area (TPSA) is 332 Å². The lowest BCUT2D eigenvalue weighted by Crippen LogP contribution is -2.41. The van der Waals surface area contributed by atoms with Gasteiger partial charge in [0.15, 0.2) is 22.6 Å². The van der Waals surface area contributed by atoms with E-state index in [4.69, 9.17) is 61.2 Å². The van der Waals surface area contributed by atoms with Crippen LogP contribution in [0.4, 0.5) is 44.6 Å². The highest BCUT2D eigenvalue weighted by atomic mass is 79.9. The summed E-state index contributed by atoms with van der Waals surface area (Å²) in [4.78, 5) is 40.8. The lowest BCUT2D eigenvalue weighted by Gasteiger charge is -2.32. The van der Waals surface area contributed by atoms with E-state index >= 15 is 0 Å². The van der Waals surface area contributed by atoms with Crippen molar-refractivity contribution in [2.45, 2.75) is 182 Å². The maximum absolute atomic E-state index is 13.6. The quantitative estimate of drug-likeness (QED) is 0.0218. The van der Waals surface area contributed by atoms with Gasteiger partial charge in [0.2, 0.25) is 0 Å². The molecule has 0 spiro atoms. The third kappa shape index (κ3) is 30.6. The minimum absolute atomic E-state index is 0.0201. The van der Waals surface area contributed by atoms with Crippen molar-refractivity contribution in [2.24, 2.45) is 11.5 Å². The largest absolute Gasteiger partial charge is 0.494 e. The van der Waals surface area contributed by atoms with Crippen LogP contribution in [0.5, 0.6) is 17.2 Å². The summed E-state index contributed by atoms with van der Waals surface area (Å²) in [5.74, 6) is 3.19. The van der Waals surface area contributed by atoms with E-state index in [0.29, 0.717) is 59.6 Å². The summed E-state index contributed by atoms with van der Waals surface area (Å²) in [6.07, 6.45) is 6.01. The van der Waals surface area contributed by atoms with Gasteiger partial charge >= 0.3 is 19.3 Å². The number of alkyl carbamates (subject to hydrolysis) is 2. The monoisotopic (exact) mass is 1990 g/mol. The average Bonchev–Trinajstić information content (AvgIpc) is 1.62. The first-order valence-electron chi connectivity index (χ1n) is 43.7. The van der Waals surface area contributed by atoms with Crippen LogP contribution in [0.15, 0.2) is 252 Å². The van der Waals surface area contributed by atoms with Crippen LogP contribution in [0.2, 0.25) is 5.15 Å². The number of fused-ring (bicyclic) bond motifs is 4. The SMILES string of the molecule is C[C@@H](N)COc1ccc(-c2cnc3ccc(N[C@H](C)c4cccc(F)c4)nn23)cc1.C[C@@H](N)c1cccc(F)c1.C[C@@H](Nc1ccc2ncc(Br)n2n1)c1cccc(F)c1.C[C@H](COc1ccc(-c2cnc3ccc(N[C@H](C)c4cccc(F)c4)nn23)cc1)NC(=O)OC(C)(C)C.C[C@H](COc1ccc(B2OC(C)(C)C(C)(C)O2)cc1)NC(=O)OC(C)(C)C.Clc1ccc2ncc(Br)n2n1. The second kappa shape index (κ2) is 46.5. The van der Waals surface area contributed by atoms with Gasteiger partial charge in [0, 0.05) is 23.2 Å². The van der Waals surface area contributed by atoms with Gasteiger partial charge in [-0.05, 0) is 335 Å². The van der Waals surface area contributed by atoms with E-state index < -0.39 is 30.5 Å². The van der Waals surface area contributed by atoms with E-state index in [1.807, 2.05) is 251 Å². The zero-order chi connectivity index (χ0) is 97.6. The van der Waals surface area contributed by atoms with Gasteiger partial charge in [-0.25, -0.2) is 65.1 Å². The maximum Gasteiger partial charge on any atom is 0.494 e. The predicted molar refractivity (Wildman–Crippen MR) is 528 cm³/mol. The fourth-order valence-corrected chi connectivity index (χ4v) is 13.9. The zero-order valence-corrected chi connectivity index (χ0v) is 82.1. The number of carbonyl (C=O) groups is 2. The maximum atomic E-state index is 13.6. The minimum Gasteiger partial charge on any atom is -0.492 e. The Morgan fingerprint density at radius 3 is 1.10 bits per heavy atom. The number of imidazole rings is 4. The molecule has 1 fully saturated rings. The number of rotatable bonds is 24. The van der Waals surface area contributed by atoms with Crippen LogP contribution in [-0.4, -0.2) is 138 Å². The first kappa shape index (κ1) is 103. The summed E-state index contributed by atoms with van der Waals surface area (Å²) in [6.45, 7) is 33.5. The van der Waals surface area contributed by atoms with Crippen LogP contribution in [0.1, 0.15) is 164 Å². The van der Waals surface area contributed by atoms with Gasteiger partial charge in [-0.2, -0.15) is 5.10 Å². The highest BCUT2D eigenvalue weighted by Gasteiger charge is 2.51. The van der Waals surface area contributed by atoms with Crippen LogP contribution >= 0.6 is 43.5 Å². The molecule has 1 aliphatic heterocycles. The van der Waals surface area contributed by atoms with Crippen molar-refractivity contribution >= 4 is 108 Å². The number of amides is 2. The molecule has 7 aromatic carbocycles. The van der Waals surface area contributed by atoms with Crippen molar-refractivity contribution in [3.05, 3.63) is 303 Å². The van der Waals surface area contributed by atoms with Gasteiger partial charge in [0.05, 0.1) is 77.6 Å². The number of nitrogens with zero attached hydrogens (tertiary/aromatic N) is 12. The molecule has 36 heteroatoms. The molecule has 16 rings (SSSR count). The normalized spacial score (nSPS) is 14.1. The number of halogens is 7. The lowest BCUT2D eigenvalue weighted by molar-refractivity contribution is 0.00578. The van der Waals surface area contributed by atoms with Gasteiger partial charge in [0.25, 0.3) is 0 Å². The molecule has 135 heavy (non-hydrogen) atoms. The Morgan fingerprint density at radius 2 is 0.748 bits per heavy atom. The molecule has 7 atom stereocenters. The smallest absolute Gasteiger partial charge is 0.492 e. The molecule has 1 aliphatic rings. The first-order valence-corrected chi connectivity index (χ1v) is 45.6. The second-order valence-electron chi connectivity index (χ2n) is 35.2. The van der Waals surface area contributed by atoms with Crippen LogP contribution in [0.3, 0.4) is 0 Å². The molecule has 9 heterocycles. The highest BCUT2D eigenvalue weighted by molar-refractivity contribution is 9.10. The van der Waals surface area contributed by atoms with Crippen LogP contribution in [0, 0.1) is 23.3 Å². The number of aromatic nitrogens is 12. The Hall–Kier alpha value is -12.8. The molecule has 0 radical (unpaired) electrons. The van der Waals surface area contributed by atoms with Crippen LogP contribution in [0.25, 0.3) is 45.1 Å². The van der Waals surface area contributed by atoms with Crippen LogP contribution in [-0.2, 0) is 18.8 Å². The van der Waals surface area contributed by atoms with Gasteiger partial charge in [0.1, 0.15) is 103 Å². The fraction of sp³-hybridized carbons (Fsp3) is 0.313.